The molecule has 4 nitrogen and oxygen atoms in total. The van der Waals surface area contributed by atoms with Crippen LogP contribution in [0.25, 0.3) is 0 Å². The van der Waals surface area contributed by atoms with Crippen LogP contribution in [0.15, 0.2) is 12.1 Å². The second-order valence-corrected chi connectivity index (χ2v) is 5.85. The Morgan fingerprint density at radius 3 is 3.10 bits per heavy atom. The molecule has 104 valence electrons. The van der Waals surface area contributed by atoms with Crippen molar-refractivity contribution in [3.8, 4) is 18.1 Å². The molecule has 2 atom stereocenters. The van der Waals surface area contributed by atoms with E-state index in [1.807, 2.05) is 26.0 Å². The number of nitrogens with one attached hydrogen (secondary N) is 1. The first kappa shape index (κ1) is 13.1. The zero-order valence-corrected chi connectivity index (χ0v) is 12.1. The number of urea groups is 1. The number of hydrogen-bond donors (Lipinski definition) is 1. The van der Waals surface area contributed by atoms with Gasteiger partial charge >= 0.3 is 6.03 Å². The van der Waals surface area contributed by atoms with Crippen LogP contribution in [0.1, 0.15) is 30.5 Å². The molecule has 0 spiro atoms. The molecular weight excluding hydrogens is 276 g/mol. The summed E-state index contributed by atoms with van der Waals surface area (Å²) in [5, 5.41) is 3.62. The first-order valence-corrected chi connectivity index (χ1v) is 6.83. The summed E-state index contributed by atoms with van der Waals surface area (Å²) in [5.74, 6) is 3.30. The van der Waals surface area contributed by atoms with E-state index in [1.165, 1.54) is 0 Å². The number of carbonyl (C=O) groups excluding carboxylic acids is 1. The van der Waals surface area contributed by atoms with E-state index in [4.69, 9.17) is 22.8 Å². The lowest BCUT2D eigenvalue weighted by molar-refractivity contribution is -0.0784. The fraction of sp³-hybridized carbons (Fsp3) is 0.400. The molecule has 1 N–H and O–H groups in total. The van der Waals surface area contributed by atoms with Crippen molar-refractivity contribution in [1.82, 2.24) is 10.2 Å². The summed E-state index contributed by atoms with van der Waals surface area (Å²) in [5.41, 5.74) is 1.17. The number of halogens is 1. The van der Waals surface area contributed by atoms with Gasteiger partial charge in [0.25, 0.3) is 0 Å². The van der Waals surface area contributed by atoms with E-state index in [1.54, 1.807) is 4.90 Å². The molecule has 20 heavy (non-hydrogen) atoms. The third-order valence-electron chi connectivity index (χ3n) is 3.91. The predicted octanol–water partition coefficient (Wildman–Crippen LogP) is 2.85. The molecule has 2 bridgehead atoms. The maximum Gasteiger partial charge on any atom is 0.321 e. The summed E-state index contributed by atoms with van der Waals surface area (Å²) in [7, 11) is 0. The quantitative estimate of drug-likeness (QED) is 0.808. The van der Waals surface area contributed by atoms with Crippen LogP contribution >= 0.6 is 11.6 Å². The van der Waals surface area contributed by atoms with Crippen molar-refractivity contribution >= 4 is 17.6 Å². The fourth-order valence-corrected chi connectivity index (χ4v) is 3.25. The van der Waals surface area contributed by atoms with Crippen molar-refractivity contribution < 1.29 is 9.53 Å². The largest absolute Gasteiger partial charge is 0.467 e. The molecule has 1 aromatic rings. The van der Waals surface area contributed by atoms with E-state index in [2.05, 4.69) is 11.2 Å². The Hall–Kier alpha value is -1.86. The second kappa shape index (κ2) is 4.32. The summed E-state index contributed by atoms with van der Waals surface area (Å²) in [4.78, 5) is 13.7. The predicted molar refractivity (Wildman–Crippen MR) is 76.7 cm³/mol. The third-order valence-corrected chi connectivity index (χ3v) is 4.13. The van der Waals surface area contributed by atoms with Crippen LogP contribution in [0.2, 0.25) is 5.02 Å². The Labute approximate surface area is 123 Å². The van der Waals surface area contributed by atoms with Gasteiger partial charge in [0.15, 0.2) is 5.72 Å². The Balaban J connectivity index is 2.11. The number of ether oxygens (including phenoxy) is 1. The van der Waals surface area contributed by atoms with Crippen molar-refractivity contribution in [2.24, 2.45) is 0 Å². The molecule has 5 heteroatoms. The number of fused-ring (bicyclic) bond motifs is 4. The van der Waals surface area contributed by atoms with E-state index < -0.39 is 5.72 Å². The third kappa shape index (κ3) is 1.82. The molecular formula is C15H15ClN2O2. The maximum atomic E-state index is 12.2. The molecule has 3 rings (SSSR count). The SMILES string of the molecule is C#CCN1C(=O)NC2CC1(C)Oc1c(C)cc(Cl)cc12. The Morgan fingerprint density at radius 1 is 1.65 bits per heavy atom. The van der Waals surface area contributed by atoms with Crippen LogP contribution in [0.3, 0.4) is 0 Å². The van der Waals surface area contributed by atoms with E-state index in [-0.39, 0.29) is 18.6 Å². The van der Waals surface area contributed by atoms with Gasteiger partial charge in [-0.25, -0.2) is 4.79 Å². The van der Waals surface area contributed by atoms with Gasteiger partial charge in [0.05, 0.1) is 12.6 Å². The number of carbonyl (C=O) groups is 1. The summed E-state index contributed by atoms with van der Waals surface area (Å²) >= 11 is 6.10. The van der Waals surface area contributed by atoms with Crippen molar-refractivity contribution in [3.63, 3.8) is 0 Å². The molecule has 0 aliphatic carbocycles. The Bertz CT molecular complexity index is 637. The van der Waals surface area contributed by atoms with Crippen molar-refractivity contribution in [1.29, 1.82) is 0 Å². The van der Waals surface area contributed by atoms with Crippen molar-refractivity contribution in [2.45, 2.75) is 32.0 Å². The molecule has 1 saturated heterocycles. The summed E-state index contributed by atoms with van der Waals surface area (Å²) < 4.78 is 6.12. The first-order valence-electron chi connectivity index (χ1n) is 6.45. The van der Waals surface area contributed by atoms with E-state index in [9.17, 15) is 4.79 Å². The Kier molecular flexibility index (Phi) is 2.84. The van der Waals surface area contributed by atoms with Crippen LogP contribution in [-0.2, 0) is 0 Å². The fourth-order valence-electron chi connectivity index (χ4n) is 2.97. The minimum absolute atomic E-state index is 0.0947. The van der Waals surface area contributed by atoms with Gasteiger partial charge in [0, 0.05) is 17.0 Å². The second-order valence-electron chi connectivity index (χ2n) is 5.41. The molecule has 0 aromatic heterocycles. The number of rotatable bonds is 1. The highest BCUT2D eigenvalue weighted by molar-refractivity contribution is 6.30. The average Bonchev–Trinajstić information content (AvgIpc) is 2.36. The van der Waals surface area contributed by atoms with E-state index >= 15 is 0 Å². The standard InChI is InChI=1S/C15H15ClN2O2/c1-4-5-18-14(19)17-12-8-15(18,3)20-13-9(2)6-10(16)7-11(12)13/h1,6-7,12H,5,8H2,2-3H3,(H,17,19). The van der Waals surface area contributed by atoms with E-state index in [0.29, 0.717) is 11.4 Å². The lowest BCUT2D eigenvalue weighted by Crippen LogP contribution is -2.64. The highest BCUT2D eigenvalue weighted by atomic mass is 35.5. The number of benzene rings is 1. The smallest absolute Gasteiger partial charge is 0.321 e. The minimum Gasteiger partial charge on any atom is -0.467 e. The molecule has 0 saturated carbocycles. The molecule has 2 aliphatic rings. The first-order chi connectivity index (χ1) is 9.44. The van der Waals surface area contributed by atoms with Crippen LogP contribution in [0.4, 0.5) is 4.79 Å². The number of aryl methyl sites for hydroxylation is 1. The van der Waals surface area contributed by atoms with Crippen LogP contribution < -0.4 is 10.1 Å². The average molecular weight is 291 g/mol. The van der Waals surface area contributed by atoms with Gasteiger partial charge in [-0.05, 0) is 31.5 Å². The van der Waals surface area contributed by atoms with Gasteiger partial charge in [-0.2, -0.15) is 0 Å². The highest BCUT2D eigenvalue weighted by Gasteiger charge is 2.49. The highest BCUT2D eigenvalue weighted by Crippen LogP contribution is 2.46. The van der Waals surface area contributed by atoms with Crippen LogP contribution in [0.5, 0.6) is 5.75 Å². The monoisotopic (exact) mass is 290 g/mol. The number of amides is 2. The van der Waals surface area contributed by atoms with Crippen molar-refractivity contribution in [2.75, 3.05) is 6.54 Å². The molecule has 2 unspecified atom stereocenters. The zero-order chi connectivity index (χ0) is 14.5. The lowest BCUT2D eigenvalue weighted by Gasteiger charge is -2.50. The normalized spacial score (nSPS) is 27.2. The molecule has 2 heterocycles. The maximum absolute atomic E-state index is 12.2. The van der Waals surface area contributed by atoms with Crippen LogP contribution in [0, 0.1) is 19.3 Å². The number of hydrogen-bond acceptors (Lipinski definition) is 2. The molecule has 2 amide bonds. The summed E-state index contributed by atoms with van der Waals surface area (Å²) in [6.45, 7) is 4.06. The summed E-state index contributed by atoms with van der Waals surface area (Å²) in [6.07, 6.45) is 6.00. The minimum atomic E-state index is -0.717. The lowest BCUT2D eigenvalue weighted by atomic mass is 9.89. The Morgan fingerprint density at radius 2 is 2.40 bits per heavy atom. The van der Waals surface area contributed by atoms with Gasteiger partial charge in [0.2, 0.25) is 0 Å². The molecule has 1 fully saturated rings. The van der Waals surface area contributed by atoms with Gasteiger partial charge in [0.1, 0.15) is 5.75 Å². The molecule has 1 aromatic carbocycles. The number of terminal acetylenes is 1. The van der Waals surface area contributed by atoms with E-state index in [0.717, 1.165) is 16.9 Å². The summed E-state index contributed by atoms with van der Waals surface area (Å²) in [6, 6.07) is 3.41. The molecule has 0 radical (unpaired) electrons. The van der Waals surface area contributed by atoms with Gasteiger partial charge in [-0.3, -0.25) is 4.90 Å². The van der Waals surface area contributed by atoms with Gasteiger partial charge in [-0.1, -0.05) is 17.5 Å². The van der Waals surface area contributed by atoms with Crippen LogP contribution in [-0.4, -0.2) is 23.2 Å². The van der Waals surface area contributed by atoms with Gasteiger partial charge < -0.3 is 10.1 Å². The zero-order valence-electron chi connectivity index (χ0n) is 11.4. The van der Waals surface area contributed by atoms with Crippen molar-refractivity contribution in [3.05, 3.63) is 28.3 Å². The van der Waals surface area contributed by atoms with Gasteiger partial charge in [-0.15, -0.1) is 6.42 Å². The molecule has 2 aliphatic heterocycles. The number of nitrogens with zero attached hydrogens (tertiary/aromatic N) is 1. The topological polar surface area (TPSA) is 41.6 Å².